The number of rotatable bonds is 3. The van der Waals surface area contributed by atoms with Crippen LogP contribution >= 0.6 is 23.1 Å². The van der Waals surface area contributed by atoms with Gasteiger partial charge in [0.15, 0.2) is 0 Å². The molecule has 1 aliphatic rings. The van der Waals surface area contributed by atoms with Crippen molar-refractivity contribution in [3.05, 3.63) is 46.6 Å². The minimum Gasteiger partial charge on any atom is -0.325 e. The Balaban J connectivity index is 1.91. The number of nitrogens with zero attached hydrogens (tertiary/aromatic N) is 1. The molecule has 1 aliphatic carbocycles. The molecule has 0 amide bonds. The van der Waals surface area contributed by atoms with Gasteiger partial charge in [0.25, 0.3) is 0 Å². The highest BCUT2D eigenvalue weighted by Crippen LogP contribution is 2.37. The Morgan fingerprint density at radius 2 is 2.33 bits per heavy atom. The van der Waals surface area contributed by atoms with Crippen molar-refractivity contribution >= 4 is 29.2 Å². The minimum absolute atomic E-state index is 0.526. The predicted octanol–water partition coefficient (Wildman–Crippen LogP) is 3.71. The van der Waals surface area contributed by atoms with Gasteiger partial charge in [0.1, 0.15) is 5.01 Å². The van der Waals surface area contributed by atoms with Crippen molar-refractivity contribution in [2.45, 2.75) is 28.5 Å². The molecule has 0 aliphatic heterocycles. The SMILES string of the molecule is NCc1ncc(Sc2cccc3c2C=CCC3)s1. The average molecular weight is 274 g/mol. The molecule has 18 heavy (non-hydrogen) atoms. The third-order valence-corrected chi connectivity index (χ3v) is 5.14. The van der Waals surface area contributed by atoms with Crippen molar-refractivity contribution in [3.63, 3.8) is 0 Å². The Bertz CT molecular complexity index is 587. The van der Waals surface area contributed by atoms with Gasteiger partial charge in [-0.1, -0.05) is 36.0 Å². The van der Waals surface area contributed by atoms with Gasteiger partial charge >= 0.3 is 0 Å². The van der Waals surface area contributed by atoms with Crippen LogP contribution in [0.2, 0.25) is 0 Å². The number of benzene rings is 1. The monoisotopic (exact) mass is 274 g/mol. The van der Waals surface area contributed by atoms with Crippen LogP contribution in [-0.2, 0) is 13.0 Å². The lowest BCUT2D eigenvalue weighted by molar-refractivity contribution is 0.975. The van der Waals surface area contributed by atoms with Crippen LogP contribution in [0, 0.1) is 0 Å². The number of thiazole rings is 1. The van der Waals surface area contributed by atoms with Crippen LogP contribution in [-0.4, -0.2) is 4.98 Å². The van der Waals surface area contributed by atoms with Crippen LogP contribution in [0.1, 0.15) is 22.6 Å². The summed E-state index contributed by atoms with van der Waals surface area (Å²) in [6.45, 7) is 0.526. The molecule has 0 bridgehead atoms. The van der Waals surface area contributed by atoms with E-state index in [0.29, 0.717) is 6.54 Å². The van der Waals surface area contributed by atoms with E-state index in [9.17, 15) is 0 Å². The van der Waals surface area contributed by atoms with Crippen LogP contribution in [0.5, 0.6) is 0 Å². The zero-order valence-corrected chi connectivity index (χ0v) is 11.6. The summed E-state index contributed by atoms with van der Waals surface area (Å²) in [5.74, 6) is 0. The number of hydrogen-bond acceptors (Lipinski definition) is 4. The van der Waals surface area contributed by atoms with Crippen LogP contribution < -0.4 is 5.73 Å². The highest BCUT2D eigenvalue weighted by molar-refractivity contribution is 8.01. The van der Waals surface area contributed by atoms with Crippen LogP contribution in [0.15, 0.2) is 39.6 Å². The molecule has 0 spiro atoms. The Labute approximate surface area is 115 Å². The molecular weight excluding hydrogens is 260 g/mol. The molecule has 3 rings (SSSR count). The molecule has 0 saturated heterocycles. The highest BCUT2D eigenvalue weighted by Gasteiger charge is 2.11. The molecule has 1 heterocycles. The Kier molecular flexibility index (Phi) is 3.50. The fourth-order valence-corrected chi connectivity index (χ4v) is 4.10. The topological polar surface area (TPSA) is 38.9 Å². The molecule has 92 valence electrons. The lowest BCUT2D eigenvalue weighted by atomic mass is 9.98. The molecule has 0 saturated carbocycles. The summed E-state index contributed by atoms with van der Waals surface area (Å²) in [6.07, 6.45) is 8.72. The van der Waals surface area contributed by atoms with Gasteiger partial charge < -0.3 is 5.73 Å². The van der Waals surface area contributed by atoms with E-state index >= 15 is 0 Å². The molecule has 0 unspecified atom stereocenters. The fraction of sp³-hybridized carbons (Fsp3) is 0.214. The van der Waals surface area contributed by atoms with Gasteiger partial charge in [-0.3, -0.25) is 0 Å². The number of nitrogens with two attached hydrogens (primary N) is 1. The first-order valence-corrected chi connectivity index (χ1v) is 7.61. The lowest BCUT2D eigenvalue weighted by Gasteiger charge is -2.13. The second-order valence-electron chi connectivity index (χ2n) is 4.15. The van der Waals surface area contributed by atoms with E-state index in [2.05, 4.69) is 35.3 Å². The van der Waals surface area contributed by atoms with Gasteiger partial charge in [0.05, 0.1) is 10.4 Å². The summed E-state index contributed by atoms with van der Waals surface area (Å²) in [7, 11) is 0. The first kappa shape index (κ1) is 12.0. The Morgan fingerprint density at radius 1 is 1.39 bits per heavy atom. The van der Waals surface area contributed by atoms with E-state index in [1.807, 2.05) is 6.20 Å². The zero-order chi connectivity index (χ0) is 12.4. The summed E-state index contributed by atoms with van der Waals surface area (Å²) < 4.78 is 1.21. The van der Waals surface area contributed by atoms with E-state index in [1.54, 1.807) is 23.1 Å². The Hall–Kier alpha value is -1.10. The average Bonchev–Trinajstić information content (AvgIpc) is 2.87. The maximum atomic E-state index is 5.59. The molecule has 4 heteroatoms. The molecule has 2 aromatic rings. The first-order chi connectivity index (χ1) is 8.86. The number of allylic oxidation sites excluding steroid dienone is 1. The number of hydrogen-bond donors (Lipinski definition) is 1. The molecule has 0 radical (unpaired) electrons. The van der Waals surface area contributed by atoms with Gasteiger partial charge in [-0.15, -0.1) is 11.3 Å². The second kappa shape index (κ2) is 5.26. The van der Waals surface area contributed by atoms with E-state index in [1.165, 1.54) is 20.2 Å². The molecule has 0 fully saturated rings. The van der Waals surface area contributed by atoms with Gasteiger partial charge in [-0.25, -0.2) is 4.98 Å². The van der Waals surface area contributed by atoms with Crippen molar-refractivity contribution in [1.29, 1.82) is 0 Å². The van der Waals surface area contributed by atoms with Gasteiger partial charge in [-0.05, 0) is 30.0 Å². The van der Waals surface area contributed by atoms with Crippen molar-refractivity contribution in [1.82, 2.24) is 4.98 Å². The maximum Gasteiger partial charge on any atom is 0.107 e. The fourth-order valence-electron chi connectivity index (χ4n) is 2.07. The molecular formula is C14H14N2S2. The van der Waals surface area contributed by atoms with Crippen LogP contribution in [0.4, 0.5) is 0 Å². The number of fused-ring (bicyclic) bond motifs is 1. The van der Waals surface area contributed by atoms with Crippen molar-refractivity contribution in [2.24, 2.45) is 5.73 Å². The first-order valence-electron chi connectivity index (χ1n) is 5.98. The summed E-state index contributed by atoms with van der Waals surface area (Å²) in [5.41, 5.74) is 8.42. The smallest absolute Gasteiger partial charge is 0.107 e. The third kappa shape index (κ3) is 2.36. The van der Waals surface area contributed by atoms with E-state index in [-0.39, 0.29) is 0 Å². The van der Waals surface area contributed by atoms with Crippen LogP contribution in [0.3, 0.4) is 0 Å². The van der Waals surface area contributed by atoms with Crippen molar-refractivity contribution in [3.8, 4) is 0 Å². The zero-order valence-electron chi connectivity index (χ0n) is 9.93. The lowest BCUT2D eigenvalue weighted by Crippen LogP contribution is -1.95. The second-order valence-corrected chi connectivity index (χ2v) is 6.61. The molecule has 2 N–H and O–H groups in total. The number of aromatic nitrogens is 1. The normalized spacial score (nSPS) is 13.6. The van der Waals surface area contributed by atoms with Crippen LogP contribution in [0.25, 0.3) is 6.08 Å². The number of aryl methyl sites for hydroxylation is 1. The minimum atomic E-state index is 0.526. The summed E-state index contributed by atoms with van der Waals surface area (Å²) in [6, 6.07) is 6.55. The molecule has 1 aromatic heterocycles. The molecule has 0 atom stereocenters. The summed E-state index contributed by atoms with van der Waals surface area (Å²) in [5, 5.41) is 0.998. The van der Waals surface area contributed by atoms with Crippen molar-refractivity contribution in [2.75, 3.05) is 0 Å². The van der Waals surface area contributed by atoms with E-state index < -0.39 is 0 Å². The Morgan fingerprint density at radius 3 is 3.17 bits per heavy atom. The van der Waals surface area contributed by atoms with E-state index in [0.717, 1.165) is 17.8 Å². The van der Waals surface area contributed by atoms with Gasteiger partial charge in [0.2, 0.25) is 0 Å². The van der Waals surface area contributed by atoms with Crippen molar-refractivity contribution < 1.29 is 0 Å². The van der Waals surface area contributed by atoms with Gasteiger partial charge in [-0.2, -0.15) is 0 Å². The predicted molar refractivity (Wildman–Crippen MR) is 77.9 cm³/mol. The molecule has 2 nitrogen and oxygen atoms in total. The molecule has 1 aromatic carbocycles. The standard InChI is InChI=1S/C14H14N2S2/c15-8-13-16-9-14(18-13)17-12-7-3-5-10-4-1-2-6-11(10)12/h2-3,5-7,9H,1,4,8,15H2. The highest BCUT2D eigenvalue weighted by atomic mass is 32.2. The van der Waals surface area contributed by atoms with E-state index in [4.69, 9.17) is 5.73 Å². The summed E-state index contributed by atoms with van der Waals surface area (Å²) in [4.78, 5) is 5.61. The third-order valence-electron chi connectivity index (χ3n) is 2.94. The summed E-state index contributed by atoms with van der Waals surface area (Å²) >= 11 is 3.47. The maximum absolute atomic E-state index is 5.59. The largest absolute Gasteiger partial charge is 0.325 e. The quantitative estimate of drug-likeness (QED) is 0.927. The van der Waals surface area contributed by atoms with Gasteiger partial charge in [0, 0.05) is 11.4 Å².